The van der Waals surface area contributed by atoms with E-state index in [1.165, 1.54) is 4.88 Å². The number of nitrogens with one attached hydrogen (secondary N) is 1. The Kier molecular flexibility index (Phi) is 5.60. The minimum Gasteiger partial charge on any atom is -0.462 e. The quantitative estimate of drug-likeness (QED) is 0.559. The Morgan fingerprint density at radius 1 is 1.26 bits per heavy atom. The molecule has 1 aliphatic carbocycles. The van der Waals surface area contributed by atoms with Gasteiger partial charge in [0.25, 0.3) is 5.56 Å². The number of fused-ring (bicyclic) bond motifs is 5. The molecule has 1 saturated heterocycles. The number of aromatic nitrogens is 1. The van der Waals surface area contributed by atoms with E-state index in [1.54, 1.807) is 17.4 Å². The molecule has 4 heterocycles. The lowest BCUT2D eigenvalue weighted by Crippen LogP contribution is -2.50. The number of hydrogen-bond donors (Lipinski definition) is 1. The number of thiocarbonyl (C=S) groups is 1. The van der Waals surface area contributed by atoms with Crippen LogP contribution in [0.5, 0.6) is 0 Å². The van der Waals surface area contributed by atoms with Crippen LogP contribution in [0.25, 0.3) is 0 Å². The van der Waals surface area contributed by atoms with Gasteiger partial charge in [-0.3, -0.25) is 4.79 Å². The van der Waals surface area contributed by atoms with Gasteiger partial charge in [0.05, 0.1) is 12.2 Å². The Morgan fingerprint density at radius 2 is 2.10 bits per heavy atom. The van der Waals surface area contributed by atoms with Crippen LogP contribution in [-0.2, 0) is 24.1 Å². The van der Waals surface area contributed by atoms with E-state index < -0.39 is 0 Å². The fraction of sp³-hybridized carbons (Fsp3) is 0.522. The van der Waals surface area contributed by atoms with Crippen molar-refractivity contribution in [2.45, 2.75) is 51.5 Å². The zero-order valence-corrected chi connectivity index (χ0v) is 19.3. The van der Waals surface area contributed by atoms with Crippen LogP contribution < -0.4 is 10.9 Å². The maximum atomic E-state index is 12.7. The van der Waals surface area contributed by atoms with Gasteiger partial charge in [-0.05, 0) is 68.8 Å². The summed E-state index contributed by atoms with van der Waals surface area (Å²) in [5.74, 6) is 0.436. The van der Waals surface area contributed by atoms with Gasteiger partial charge in [-0.1, -0.05) is 6.07 Å². The van der Waals surface area contributed by atoms with Crippen LogP contribution in [0.15, 0.2) is 23.0 Å². The highest BCUT2D eigenvalue weighted by Crippen LogP contribution is 2.40. The van der Waals surface area contributed by atoms with E-state index in [0.717, 1.165) is 68.0 Å². The number of aryl methyl sites for hydroxylation is 1. The van der Waals surface area contributed by atoms with Crippen molar-refractivity contribution >= 4 is 39.6 Å². The highest BCUT2D eigenvalue weighted by molar-refractivity contribution is 7.80. The summed E-state index contributed by atoms with van der Waals surface area (Å²) in [6.45, 7) is 4.55. The molecule has 164 valence electrons. The molecule has 0 unspecified atom stereocenters. The third kappa shape index (κ3) is 3.80. The molecule has 2 bridgehead atoms. The number of esters is 1. The van der Waals surface area contributed by atoms with Crippen molar-refractivity contribution in [1.82, 2.24) is 9.47 Å². The molecule has 0 radical (unpaired) electrons. The maximum Gasteiger partial charge on any atom is 0.341 e. The fourth-order valence-corrected chi connectivity index (χ4v) is 6.90. The summed E-state index contributed by atoms with van der Waals surface area (Å²) in [6, 6.07) is 5.56. The van der Waals surface area contributed by atoms with E-state index in [9.17, 15) is 9.59 Å². The maximum absolute atomic E-state index is 12.7. The Labute approximate surface area is 191 Å². The van der Waals surface area contributed by atoms with E-state index in [0.29, 0.717) is 29.1 Å². The summed E-state index contributed by atoms with van der Waals surface area (Å²) >= 11 is 7.46. The second-order valence-electron chi connectivity index (χ2n) is 8.67. The van der Waals surface area contributed by atoms with Crippen molar-refractivity contribution < 1.29 is 9.53 Å². The molecule has 0 aromatic carbocycles. The lowest BCUT2D eigenvalue weighted by molar-refractivity contribution is 0.0526. The average molecular weight is 458 g/mol. The largest absolute Gasteiger partial charge is 0.462 e. The number of nitrogens with zero attached hydrogens (tertiary/aromatic N) is 2. The molecule has 0 spiro atoms. The molecule has 31 heavy (non-hydrogen) atoms. The third-order valence-corrected chi connectivity index (χ3v) is 8.21. The number of anilines is 1. The number of piperidine rings is 1. The van der Waals surface area contributed by atoms with Gasteiger partial charge in [0.15, 0.2) is 5.11 Å². The second-order valence-corrected chi connectivity index (χ2v) is 10.2. The first-order chi connectivity index (χ1) is 15.0. The SMILES string of the molecule is CCOC(=O)c1c(NC(=S)N2C[C@@H]3C[C@H](C2)c2cccc(=O)n2C3)sc2c1CCCC2. The minimum absolute atomic E-state index is 0.0876. The standard InChI is InChI=1S/C23H27N3O3S2/c1-2-29-22(28)20-16-6-3-4-8-18(16)31-21(20)24-23(30)25-11-14-10-15(13-25)17-7-5-9-19(27)26(17)12-14/h5,7,9,14-15H,2-4,6,8,10-13H2,1H3,(H,24,30)/t14-,15+/m0/s1. The zero-order valence-electron chi connectivity index (χ0n) is 17.7. The average Bonchev–Trinajstić information content (AvgIpc) is 3.12. The summed E-state index contributed by atoms with van der Waals surface area (Å²) < 4.78 is 7.30. The van der Waals surface area contributed by atoms with Crippen molar-refractivity contribution in [3.8, 4) is 0 Å². The molecule has 0 amide bonds. The van der Waals surface area contributed by atoms with Gasteiger partial charge in [-0.15, -0.1) is 11.3 Å². The van der Waals surface area contributed by atoms with Gasteiger partial charge in [0, 0.05) is 42.2 Å². The molecule has 1 fully saturated rings. The molecule has 5 rings (SSSR count). The summed E-state index contributed by atoms with van der Waals surface area (Å²) in [7, 11) is 0. The molecular formula is C23H27N3O3S2. The number of pyridine rings is 1. The molecule has 2 aliphatic heterocycles. The number of carbonyl (C=O) groups excluding carboxylic acids is 1. The first-order valence-electron chi connectivity index (χ1n) is 11.1. The number of thiophene rings is 1. The van der Waals surface area contributed by atoms with E-state index in [2.05, 4.69) is 16.3 Å². The molecular weight excluding hydrogens is 430 g/mol. The number of rotatable bonds is 3. The summed E-state index contributed by atoms with van der Waals surface area (Å²) in [4.78, 5) is 28.5. The van der Waals surface area contributed by atoms with Gasteiger partial charge in [0.2, 0.25) is 0 Å². The fourth-order valence-electron chi connectivity index (χ4n) is 5.31. The van der Waals surface area contributed by atoms with Crippen LogP contribution >= 0.6 is 23.6 Å². The number of ether oxygens (including phenoxy) is 1. The first kappa shape index (κ1) is 20.7. The Hall–Kier alpha value is -2.19. The molecule has 2 atom stereocenters. The summed E-state index contributed by atoms with van der Waals surface area (Å²) in [5, 5.41) is 4.89. The van der Waals surface area contributed by atoms with Gasteiger partial charge < -0.3 is 19.5 Å². The lowest BCUT2D eigenvalue weighted by atomic mass is 9.83. The molecule has 0 saturated carbocycles. The normalized spacial score (nSPS) is 21.8. The zero-order chi connectivity index (χ0) is 21.5. The molecule has 1 N–H and O–H groups in total. The number of hydrogen-bond acceptors (Lipinski definition) is 5. The second kappa shape index (κ2) is 8.39. The lowest BCUT2D eigenvalue weighted by Gasteiger charge is -2.43. The predicted octanol–water partition coefficient (Wildman–Crippen LogP) is 3.78. The van der Waals surface area contributed by atoms with Crippen LogP contribution in [0, 0.1) is 5.92 Å². The van der Waals surface area contributed by atoms with Crippen LogP contribution in [0.4, 0.5) is 5.00 Å². The van der Waals surface area contributed by atoms with Gasteiger partial charge in [-0.25, -0.2) is 4.79 Å². The van der Waals surface area contributed by atoms with Crippen molar-refractivity contribution in [3.05, 3.63) is 50.3 Å². The van der Waals surface area contributed by atoms with Crippen molar-refractivity contribution in [1.29, 1.82) is 0 Å². The molecule has 8 heteroatoms. The van der Waals surface area contributed by atoms with Gasteiger partial charge in [0.1, 0.15) is 5.00 Å². The highest BCUT2D eigenvalue weighted by atomic mass is 32.1. The number of carbonyl (C=O) groups is 1. The third-order valence-electron chi connectivity index (χ3n) is 6.64. The summed E-state index contributed by atoms with van der Waals surface area (Å²) in [6.07, 6.45) is 5.29. The van der Waals surface area contributed by atoms with Gasteiger partial charge >= 0.3 is 5.97 Å². The van der Waals surface area contributed by atoms with Crippen molar-refractivity contribution in [2.24, 2.45) is 5.92 Å². The van der Waals surface area contributed by atoms with Crippen LogP contribution in [0.1, 0.15) is 58.6 Å². The smallest absolute Gasteiger partial charge is 0.341 e. The van der Waals surface area contributed by atoms with Crippen molar-refractivity contribution in [2.75, 3.05) is 25.0 Å². The first-order valence-corrected chi connectivity index (χ1v) is 12.3. The van der Waals surface area contributed by atoms with Crippen LogP contribution in [0.3, 0.4) is 0 Å². The van der Waals surface area contributed by atoms with Crippen LogP contribution in [0.2, 0.25) is 0 Å². The monoisotopic (exact) mass is 457 g/mol. The van der Waals surface area contributed by atoms with E-state index in [-0.39, 0.29) is 11.5 Å². The minimum atomic E-state index is -0.254. The molecule has 6 nitrogen and oxygen atoms in total. The molecule has 2 aromatic rings. The topological polar surface area (TPSA) is 63.6 Å². The Bertz CT molecular complexity index is 1090. The Balaban J connectivity index is 1.38. The number of likely N-dealkylation sites (tertiary alicyclic amines) is 1. The molecule has 3 aliphatic rings. The Morgan fingerprint density at radius 3 is 2.94 bits per heavy atom. The van der Waals surface area contributed by atoms with Crippen LogP contribution in [-0.4, -0.2) is 40.2 Å². The van der Waals surface area contributed by atoms with E-state index in [1.807, 2.05) is 17.6 Å². The predicted molar refractivity (Wildman–Crippen MR) is 126 cm³/mol. The molecule has 2 aromatic heterocycles. The van der Waals surface area contributed by atoms with Crippen molar-refractivity contribution in [3.63, 3.8) is 0 Å². The summed E-state index contributed by atoms with van der Waals surface area (Å²) in [5.41, 5.74) is 3.02. The van der Waals surface area contributed by atoms with E-state index in [4.69, 9.17) is 17.0 Å². The van der Waals surface area contributed by atoms with E-state index >= 15 is 0 Å². The highest BCUT2D eigenvalue weighted by Gasteiger charge is 2.36. The van der Waals surface area contributed by atoms with Gasteiger partial charge in [-0.2, -0.15) is 0 Å².